The lowest BCUT2D eigenvalue weighted by molar-refractivity contribution is -0.119. The summed E-state index contributed by atoms with van der Waals surface area (Å²) in [6, 6.07) is 7.57. The van der Waals surface area contributed by atoms with Crippen LogP contribution in [0.3, 0.4) is 0 Å². The first-order valence-corrected chi connectivity index (χ1v) is 8.90. The Morgan fingerprint density at radius 2 is 2.00 bits per heavy atom. The van der Waals surface area contributed by atoms with Crippen molar-refractivity contribution in [1.82, 2.24) is 10.3 Å². The Morgan fingerprint density at radius 3 is 2.60 bits per heavy atom. The van der Waals surface area contributed by atoms with Crippen LogP contribution in [0.15, 0.2) is 23.2 Å². The number of hydrogen-bond donors (Lipinski definition) is 1. The molecule has 1 N–H and O–H groups in total. The molecular weight excluding hydrogens is 338 g/mol. The van der Waals surface area contributed by atoms with Crippen molar-refractivity contribution in [3.05, 3.63) is 23.8 Å². The number of benzene rings is 1. The zero-order chi connectivity index (χ0) is 18.4. The van der Waals surface area contributed by atoms with Crippen LogP contribution in [0.4, 0.5) is 0 Å². The van der Waals surface area contributed by atoms with Gasteiger partial charge in [0.05, 0.1) is 31.1 Å². The quantitative estimate of drug-likeness (QED) is 0.765. The molecule has 0 aliphatic rings. The molecule has 1 aromatic carbocycles. The number of carbonyl (C=O) groups excluding carboxylic acids is 1. The highest BCUT2D eigenvalue weighted by molar-refractivity contribution is 8.00. The topological polar surface area (TPSA) is 84.2 Å². The summed E-state index contributed by atoms with van der Waals surface area (Å²) in [5, 5.41) is 13.6. The van der Waals surface area contributed by atoms with Crippen molar-refractivity contribution in [2.24, 2.45) is 0 Å². The van der Waals surface area contributed by atoms with Crippen molar-refractivity contribution in [2.75, 3.05) is 20.0 Å². The van der Waals surface area contributed by atoms with Gasteiger partial charge in [0.25, 0.3) is 0 Å². The Kier molecular flexibility index (Phi) is 6.48. The number of nitriles is 1. The number of ether oxygens (including phenoxy) is 2. The Bertz CT molecular complexity index is 817. The van der Waals surface area contributed by atoms with Crippen molar-refractivity contribution < 1.29 is 14.3 Å². The summed E-state index contributed by atoms with van der Waals surface area (Å²) in [7, 11) is 3.12. The van der Waals surface area contributed by atoms with Gasteiger partial charge in [-0.05, 0) is 25.5 Å². The van der Waals surface area contributed by atoms with Crippen molar-refractivity contribution in [2.45, 2.75) is 31.3 Å². The molecule has 0 spiro atoms. The summed E-state index contributed by atoms with van der Waals surface area (Å²) in [4.78, 5) is 16.5. The molecule has 25 heavy (non-hydrogen) atoms. The first-order chi connectivity index (χ1) is 12.0. The lowest BCUT2D eigenvalue weighted by Gasteiger charge is -2.12. The van der Waals surface area contributed by atoms with Gasteiger partial charge in [0.15, 0.2) is 11.5 Å². The zero-order valence-corrected chi connectivity index (χ0v) is 15.6. The number of thioether (sulfide) groups is 1. The number of hydrogen-bond acceptors (Lipinski definition) is 6. The number of rotatable bonds is 7. The maximum Gasteiger partial charge on any atom is 0.230 e. The van der Waals surface area contributed by atoms with Crippen molar-refractivity contribution >= 4 is 28.6 Å². The molecule has 0 unspecified atom stereocenters. The van der Waals surface area contributed by atoms with E-state index in [1.807, 2.05) is 13.8 Å². The van der Waals surface area contributed by atoms with Gasteiger partial charge >= 0.3 is 0 Å². The van der Waals surface area contributed by atoms with E-state index >= 15 is 0 Å². The molecule has 7 heteroatoms. The highest BCUT2D eigenvalue weighted by Gasteiger charge is 2.14. The monoisotopic (exact) mass is 359 g/mol. The predicted octanol–water partition coefficient (Wildman–Crippen LogP) is 3.13. The van der Waals surface area contributed by atoms with Gasteiger partial charge < -0.3 is 14.8 Å². The third-order valence-corrected chi connectivity index (χ3v) is 4.76. The minimum Gasteiger partial charge on any atom is -0.493 e. The van der Waals surface area contributed by atoms with E-state index in [2.05, 4.69) is 16.4 Å². The van der Waals surface area contributed by atoms with Gasteiger partial charge in [-0.3, -0.25) is 4.79 Å². The van der Waals surface area contributed by atoms with Crippen LogP contribution in [0.1, 0.15) is 25.8 Å². The summed E-state index contributed by atoms with van der Waals surface area (Å²) in [5.74, 6) is 1.29. The Balaban J connectivity index is 2.30. The van der Waals surface area contributed by atoms with Crippen LogP contribution in [0, 0.1) is 11.3 Å². The third kappa shape index (κ3) is 4.54. The van der Waals surface area contributed by atoms with Gasteiger partial charge in [0, 0.05) is 17.5 Å². The summed E-state index contributed by atoms with van der Waals surface area (Å²) in [6.07, 6.45) is 0.871. The maximum atomic E-state index is 12.0. The standard InChI is InChI=1S/C18H21N3O3S/c1-5-11(2)20-17(22)10-25-18-13(9-19)6-12-7-15(23-3)16(24-4)8-14(12)21-18/h6-8,11H,5,10H2,1-4H3,(H,20,22)/t11-/m0/s1. The maximum absolute atomic E-state index is 12.0. The lowest BCUT2D eigenvalue weighted by Crippen LogP contribution is -2.33. The highest BCUT2D eigenvalue weighted by Crippen LogP contribution is 2.33. The minimum absolute atomic E-state index is 0.0718. The molecule has 1 amide bonds. The number of nitrogens with zero attached hydrogens (tertiary/aromatic N) is 2. The van der Waals surface area contributed by atoms with Crippen LogP contribution in [-0.2, 0) is 4.79 Å². The van der Waals surface area contributed by atoms with Gasteiger partial charge in [-0.1, -0.05) is 18.7 Å². The number of fused-ring (bicyclic) bond motifs is 1. The number of methoxy groups -OCH3 is 2. The molecular formula is C18H21N3O3S. The normalized spacial score (nSPS) is 11.6. The highest BCUT2D eigenvalue weighted by atomic mass is 32.2. The van der Waals surface area contributed by atoms with E-state index < -0.39 is 0 Å². The average Bonchev–Trinajstić information content (AvgIpc) is 2.63. The summed E-state index contributed by atoms with van der Waals surface area (Å²) in [5.41, 5.74) is 1.11. The Labute approximate surface area is 151 Å². The predicted molar refractivity (Wildman–Crippen MR) is 98.2 cm³/mol. The molecule has 0 fully saturated rings. The van der Waals surface area contributed by atoms with E-state index in [0.717, 1.165) is 11.8 Å². The number of carbonyl (C=O) groups is 1. The van der Waals surface area contributed by atoms with Gasteiger partial charge in [0.1, 0.15) is 11.1 Å². The molecule has 6 nitrogen and oxygen atoms in total. The minimum atomic E-state index is -0.0718. The van der Waals surface area contributed by atoms with E-state index in [4.69, 9.17) is 9.47 Å². The largest absolute Gasteiger partial charge is 0.493 e. The first kappa shape index (κ1) is 18.9. The number of nitrogens with one attached hydrogen (secondary N) is 1. The fourth-order valence-electron chi connectivity index (χ4n) is 2.23. The van der Waals surface area contributed by atoms with Gasteiger partial charge in [0.2, 0.25) is 5.91 Å². The first-order valence-electron chi connectivity index (χ1n) is 7.91. The molecule has 0 saturated heterocycles. The number of amides is 1. The van der Waals surface area contributed by atoms with Crippen molar-refractivity contribution in [1.29, 1.82) is 5.26 Å². The molecule has 0 aliphatic carbocycles. The molecule has 0 aliphatic heterocycles. The molecule has 1 aromatic heterocycles. The number of pyridine rings is 1. The average molecular weight is 359 g/mol. The molecule has 0 saturated carbocycles. The Hall–Kier alpha value is -2.46. The molecule has 0 bridgehead atoms. The van der Waals surface area contributed by atoms with E-state index in [1.54, 1.807) is 32.4 Å². The summed E-state index contributed by atoms with van der Waals surface area (Å²) < 4.78 is 10.6. The van der Waals surface area contributed by atoms with Crippen molar-refractivity contribution in [3.63, 3.8) is 0 Å². The Morgan fingerprint density at radius 1 is 1.32 bits per heavy atom. The van der Waals surface area contributed by atoms with Crippen LogP contribution in [-0.4, -0.2) is 36.9 Å². The molecule has 2 aromatic rings. The van der Waals surface area contributed by atoms with Gasteiger partial charge in [-0.15, -0.1) is 0 Å². The van der Waals surface area contributed by atoms with Crippen LogP contribution in [0.5, 0.6) is 11.5 Å². The van der Waals surface area contributed by atoms with Gasteiger partial charge in [-0.2, -0.15) is 5.26 Å². The van der Waals surface area contributed by atoms with Crippen LogP contribution in [0.25, 0.3) is 10.9 Å². The van der Waals surface area contributed by atoms with Crippen LogP contribution >= 0.6 is 11.8 Å². The second-order valence-corrected chi connectivity index (χ2v) is 6.48. The lowest BCUT2D eigenvalue weighted by atomic mass is 10.1. The van der Waals surface area contributed by atoms with E-state index in [1.165, 1.54) is 11.8 Å². The fourth-order valence-corrected chi connectivity index (χ4v) is 3.00. The zero-order valence-electron chi connectivity index (χ0n) is 14.8. The van der Waals surface area contributed by atoms with E-state index in [-0.39, 0.29) is 17.7 Å². The van der Waals surface area contributed by atoms with Crippen molar-refractivity contribution in [3.8, 4) is 17.6 Å². The molecule has 2 rings (SSSR count). The van der Waals surface area contributed by atoms with Crippen LogP contribution < -0.4 is 14.8 Å². The molecule has 132 valence electrons. The van der Waals surface area contributed by atoms with E-state index in [9.17, 15) is 10.1 Å². The SMILES string of the molecule is CC[C@H](C)NC(=O)CSc1nc2cc(OC)c(OC)cc2cc1C#N. The number of aromatic nitrogens is 1. The fraction of sp³-hybridized carbons (Fsp3) is 0.389. The summed E-state index contributed by atoms with van der Waals surface area (Å²) >= 11 is 1.25. The third-order valence-electron chi connectivity index (χ3n) is 3.77. The van der Waals surface area contributed by atoms with Gasteiger partial charge in [-0.25, -0.2) is 4.98 Å². The second kappa shape index (κ2) is 8.58. The second-order valence-electron chi connectivity index (χ2n) is 5.52. The molecule has 1 atom stereocenters. The van der Waals surface area contributed by atoms with Crippen LogP contribution in [0.2, 0.25) is 0 Å². The molecule has 0 radical (unpaired) electrons. The smallest absolute Gasteiger partial charge is 0.230 e. The summed E-state index contributed by atoms with van der Waals surface area (Å²) in [6.45, 7) is 3.97. The van der Waals surface area contributed by atoms with E-state index in [0.29, 0.717) is 27.6 Å². The molecule has 1 heterocycles.